The van der Waals surface area contributed by atoms with Gasteiger partial charge in [-0.15, -0.1) is 0 Å². The topological polar surface area (TPSA) is 91.0 Å². The highest BCUT2D eigenvalue weighted by Crippen LogP contribution is 2.40. The SMILES string of the molecule is CCCCCC(C(=O)OC)C(O)(c1ccccc1)c1ccc(OCCON)cc1. The quantitative estimate of drug-likeness (QED) is 0.321. The van der Waals surface area contributed by atoms with Crippen LogP contribution in [0.25, 0.3) is 0 Å². The highest BCUT2D eigenvalue weighted by molar-refractivity contribution is 5.75. The molecule has 0 bridgehead atoms. The predicted molar refractivity (Wildman–Crippen MR) is 111 cm³/mol. The van der Waals surface area contributed by atoms with Gasteiger partial charge in [-0.25, -0.2) is 5.90 Å². The second-order valence-electron chi connectivity index (χ2n) is 6.95. The van der Waals surface area contributed by atoms with Crippen LogP contribution < -0.4 is 10.6 Å². The molecule has 6 heteroatoms. The summed E-state index contributed by atoms with van der Waals surface area (Å²) in [7, 11) is 1.36. The van der Waals surface area contributed by atoms with E-state index in [0.29, 0.717) is 29.9 Å². The van der Waals surface area contributed by atoms with Crippen molar-refractivity contribution in [3.05, 3.63) is 65.7 Å². The van der Waals surface area contributed by atoms with Crippen LogP contribution in [0.2, 0.25) is 0 Å². The van der Waals surface area contributed by atoms with Crippen LogP contribution in [0.4, 0.5) is 0 Å². The maximum atomic E-state index is 12.7. The van der Waals surface area contributed by atoms with Gasteiger partial charge in [0.15, 0.2) is 0 Å². The minimum atomic E-state index is -1.51. The number of benzene rings is 2. The van der Waals surface area contributed by atoms with E-state index in [1.807, 2.05) is 30.3 Å². The number of aliphatic hydroxyl groups is 1. The van der Waals surface area contributed by atoms with E-state index in [-0.39, 0.29) is 6.61 Å². The minimum Gasteiger partial charge on any atom is -0.491 e. The average Bonchev–Trinajstić information content (AvgIpc) is 2.77. The van der Waals surface area contributed by atoms with Crippen molar-refractivity contribution >= 4 is 5.97 Å². The Hall–Kier alpha value is -2.41. The standard InChI is InChI=1S/C23H31NO5/c1-3-4-6-11-21(22(25)27-2)23(26,18-9-7-5-8-10-18)19-12-14-20(15-13-19)28-16-17-29-24/h5,7-10,12-15,21,26H,3-4,6,11,16-17,24H2,1-2H3. The zero-order valence-electron chi connectivity index (χ0n) is 17.2. The van der Waals surface area contributed by atoms with Gasteiger partial charge in [-0.2, -0.15) is 0 Å². The van der Waals surface area contributed by atoms with Crippen molar-refractivity contribution in [1.29, 1.82) is 0 Å². The van der Waals surface area contributed by atoms with Gasteiger partial charge in [-0.05, 0) is 29.7 Å². The van der Waals surface area contributed by atoms with Gasteiger partial charge in [-0.3, -0.25) is 4.79 Å². The third kappa shape index (κ3) is 5.79. The molecule has 0 heterocycles. The molecule has 0 saturated carbocycles. The van der Waals surface area contributed by atoms with Crippen LogP contribution in [-0.2, 0) is 20.0 Å². The van der Waals surface area contributed by atoms with E-state index in [1.54, 1.807) is 24.3 Å². The van der Waals surface area contributed by atoms with Crippen LogP contribution in [0.3, 0.4) is 0 Å². The third-order valence-corrected chi connectivity index (χ3v) is 5.06. The smallest absolute Gasteiger partial charge is 0.312 e. The van der Waals surface area contributed by atoms with Gasteiger partial charge in [0.25, 0.3) is 0 Å². The van der Waals surface area contributed by atoms with Crippen LogP contribution in [0, 0.1) is 5.92 Å². The summed E-state index contributed by atoms with van der Waals surface area (Å²) in [6, 6.07) is 16.3. The maximum absolute atomic E-state index is 12.7. The van der Waals surface area contributed by atoms with Crippen molar-refractivity contribution in [2.75, 3.05) is 20.3 Å². The number of carbonyl (C=O) groups excluding carboxylic acids is 1. The van der Waals surface area contributed by atoms with Gasteiger partial charge in [-0.1, -0.05) is 68.7 Å². The molecule has 0 aromatic heterocycles. The molecule has 29 heavy (non-hydrogen) atoms. The molecule has 0 aliphatic heterocycles. The Morgan fingerprint density at radius 1 is 1.03 bits per heavy atom. The molecule has 0 aliphatic rings. The van der Waals surface area contributed by atoms with Crippen molar-refractivity contribution in [3.8, 4) is 5.75 Å². The summed E-state index contributed by atoms with van der Waals surface area (Å²) in [4.78, 5) is 17.2. The van der Waals surface area contributed by atoms with Crippen LogP contribution >= 0.6 is 0 Å². The number of esters is 1. The van der Waals surface area contributed by atoms with Gasteiger partial charge in [0.2, 0.25) is 0 Å². The van der Waals surface area contributed by atoms with Crippen molar-refractivity contribution < 1.29 is 24.2 Å². The zero-order valence-corrected chi connectivity index (χ0v) is 17.2. The number of carbonyl (C=O) groups is 1. The van der Waals surface area contributed by atoms with Crippen LogP contribution in [0.1, 0.15) is 43.7 Å². The van der Waals surface area contributed by atoms with E-state index < -0.39 is 17.5 Å². The Balaban J connectivity index is 2.43. The van der Waals surface area contributed by atoms with E-state index in [2.05, 4.69) is 11.8 Å². The van der Waals surface area contributed by atoms with Gasteiger partial charge in [0, 0.05) is 0 Å². The summed E-state index contributed by atoms with van der Waals surface area (Å²) in [6.45, 7) is 2.70. The van der Waals surface area contributed by atoms with Crippen molar-refractivity contribution in [3.63, 3.8) is 0 Å². The highest BCUT2D eigenvalue weighted by Gasteiger charge is 2.44. The molecule has 0 saturated heterocycles. The van der Waals surface area contributed by atoms with E-state index in [9.17, 15) is 9.90 Å². The maximum Gasteiger partial charge on any atom is 0.312 e. The van der Waals surface area contributed by atoms with Crippen molar-refractivity contribution in [2.45, 2.75) is 38.2 Å². The van der Waals surface area contributed by atoms with Gasteiger partial charge < -0.3 is 19.4 Å². The first kappa shape index (κ1) is 22.9. The van der Waals surface area contributed by atoms with Gasteiger partial charge in [0.1, 0.15) is 24.6 Å². The molecule has 0 amide bonds. The van der Waals surface area contributed by atoms with E-state index >= 15 is 0 Å². The lowest BCUT2D eigenvalue weighted by atomic mass is 9.74. The largest absolute Gasteiger partial charge is 0.491 e. The van der Waals surface area contributed by atoms with Crippen LogP contribution in [0.5, 0.6) is 5.75 Å². The van der Waals surface area contributed by atoms with Crippen molar-refractivity contribution in [1.82, 2.24) is 0 Å². The summed E-state index contributed by atoms with van der Waals surface area (Å²) in [5.41, 5.74) is -0.254. The number of unbranched alkanes of at least 4 members (excludes halogenated alkanes) is 2. The molecule has 3 N–H and O–H groups in total. The molecule has 2 aromatic carbocycles. The molecule has 0 aliphatic carbocycles. The second-order valence-corrected chi connectivity index (χ2v) is 6.95. The van der Waals surface area contributed by atoms with Gasteiger partial charge >= 0.3 is 5.97 Å². The average molecular weight is 402 g/mol. The van der Waals surface area contributed by atoms with E-state index in [1.165, 1.54) is 7.11 Å². The number of ether oxygens (including phenoxy) is 2. The first-order chi connectivity index (χ1) is 14.1. The van der Waals surface area contributed by atoms with Crippen LogP contribution in [-0.4, -0.2) is 31.4 Å². The highest BCUT2D eigenvalue weighted by atomic mass is 16.6. The molecule has 2 aromatic rings. The summed E-state index contributed by atoms with van der Waals surface area (Å²) in [5, 5.41) is 11.9. The fourth-order valence-corrected chi connectivity index (χ4v) is 3.51. The lowest BCUT2D eigenvalue weighted by Crippen LogP contribution is -2.41. The Kier molecular flexibility index (Phi) is 9.12. The lowest BCUT2D eigenvalue weighted by Gasteiger charge is -2.36. The minimum absolute atomic E-state index is 0.275. The van der Waals surface area contributed by atoms with Gasteiger partial charge in [0.05, 0.1) is 13.0 Å². The molecule has 2 atom stereocenters. The molecular weight excluding hydrogens is 370 g/mol. The molecule has 2 rings (SSSR count). The first-order valence-electron chi connectivity index (χ1n) is 9.98. The summed E-state index contributed by atoms with van der Waals surface area (Å²) in [6.07, 6.45) is 3.36. The number of hydrogen-bond donors (Lipinski definition) is 2. The fraction of sp³-hybridized carbons (Fsp3) is 0.435. The first-order valence-corrected chi connectivity index (χ1v) is 9.98. The molecule has 0 spiro atoms. The molecule has 0 radical (unpaired) electrons. The summed E-state index contributed by atoms with van der Waals surface area (Å²) >= 11 is 0. The molecule has 158 valence electrons. The third-order valence-electron chi connectivity index (χ3n) is 5.06. The second kappa shape index (κ2) is 11.6. The Labute approximate surface area is 172 Å². The van der Waals surface area contributed by atoms with E-state index in [4.69, 9.17) is 15.4 Å². The monoisotopic (exact) mass is 401 g/mol. The van der Waals surface area contributed by atoms with E-state index in [0.717, 1.165) is 19.3 Å². The Morgan fingerprint density at radius 3 is 2.28 bits per heavy atom. The summed E-state index contributed by atoms with van der Waals surface area (Å²) in [5.74, 6) is 4.49. The molecule has 2 unspecified atom stereocenters. The predicted octanol–water partition coefficient (Wildman–Crippen LogP) is 3.56. The zero-order chi connectivity index (χ0) is 21.1. The molecular formula is C23H31NO5. The number of nitrogens with two attached hydrogens (primary N) is 1. The van der Waals surface area contributed by atoms with Crippen LogP contribution in [0.15, 0.2) is 54.6 Å². The fourth-order valence-electron chi connectivity index (χ4n) is 3.51. The summed E-state index contributed by atoms with van der Waals surface area (Å²) < 4.78 is 10.6. The molecule has 0 fully saturated rings. The lowest BCUT2D eigenvalue weighted by molar-refractivity contribution is -0.154. The number of methoxy groups -OCH3 is 1. The number of rotatable bonds is 12. The van der Waals surface area contributed by atoms with Crippen molar-refractivity contribution in [2.24, 2.45) is 11.8 Å². The molecule has 6 nitrogen and oxygen atoms in total. The normalized spacial score (nSPS) is 14.1. The Bertz CT molecular complexity index is 735. The Morgan fingerprint density at radius 2 is 1.69 bits per heavy atom. The number of hydrogen-bond acceptors (Lipinski definition) is 6.